The van der Waals surface area contributed by atoms with Crippen molar-refractivity contribution in [3.05, 3.63) is 47.5 Å². The van der Waals surface area contributed by atoms with Crippen LogP contribution in [-0.2, 0) is 6.54 Å². The van der Waals surface area contributed by atoms with Gasteiger partial charge in [-0.25, -0.2) is 0 Å². The molecule has 0 radical (unpaired) electrons. The summed E-state index contributed by atoms with van der Waals surface area (Å²) in [5, 5.41) is 6.13. The highest BCUT2D eigenvalue weighted by molar-refractivity contribution is 5.93. The Hall–Kier alpha value is -1.61. The van der Waals surface area contributed by atoms with Crippen LogP contribution in [0.2, 0.25) is 0 Å². The molecule has 102 valence electrons. The van der Waals surface area contributed by atoms with Crippen molar-refractivity contribution in [3.63, 3.8) is 0 Å². The second kappa shape index (κ2) is 7.10. The van der Waals surface area contributed by atoms with Crippen LogP contribution in [0.25, 0.3) is 0 Å². The molecule has 1 aromatic rings. The van der Waals surface area contributed by atoms with E-state index in [2.05, 4.69) is 22.8 Å². The summed E-state index contributed by atoms with van der Waals surface area (Å²) in [6.45, 7) is 1.94. The Morgan fingerprint density at radius 3 is 2.68 bits per heavy atom. The second-order valence-corrected chi connectivity index (χ2v) is 5.06. The van der Waals surface area contributed by atoms with Gasteiger partial charge in [0.15, 0.2) is 0 Å². The molecule has 2 rings (SSSR count). The molecule has 0 bridgehead atoms. The average Bonchev–Trinajstić information content (AvgIpc) is 2.48. The Labute approximate surface area is 115 Å². The van der Waals surface area contributed by atoms with Crippen LogP contribution in [0.15, 0.2) is 36.4 Å². The molecular formula is C16H22N2O. The first kappa shape index (κ1) is 13.8. The van der Waals surface area contributed by atoms with E-state index in [1.165, 1.54) is 24.8 Å². The highest BCUT2D eigenvalue weighted by Gasteiger charge is 2.09. The van der Waals surface area contributed by atoms with Crippen LogP contribution in [0.3, 0.4) is 0 Å². The minimum atomic E-state index is -0.0338. The van der Waals surface area contributed by atoms with E-state index in [0.717, 1.165) is 19.0 Å². The number of nitrogens with one attached hydrogen (secondary N) is 2. The number of rotatable bonds is 5. The van der Waals surface area contributed by atoms with Crippen LogP contribution in [0.5, 0.6) is 0 Å². The molecule has 3 heteroatoms. The summed E-state index contributed by atoms with van der Waals surface area (Å²) in [6, 6.07) is 7.77. The van der Waals surface area contributed by atoms with E-state index < -0.39 is 0 Å². The van der Waals surface area contributed by atoms with E-state index in [1.807, 2.05) is 24.3 Å². The van der Waals surface area contributed by atoms with Crippen LogP contribution >= 0.6 is 0 Å². The van der Waals surface area contributed by atoms with E-state index >= 15 is 0 Å². The summed E-state index contributed by atoms with van der Waals surface area (Å²) in [4.78, 5) is 11.4. The summed E-state index contributed by atoms with van der Waals surface area (Å²) < 4.78 is 0. The fraction of sp³-hybridized carbons (Fsp3) is 0.438. The molecule has 3 nitrogen and oxygen atoms in total. The lowest BCUT2D eigenvalue weighted by atomic mass is 9.94. The number of hydrogen-bond acceptors (Lipinski definition) is 2. The zero-order valence-corrected chi connectivity index (χ0v) is 11.5. The summed E-state index contributed by atoms with van der Waals surface area (Å²) >= 11 is 0. The third-order valence-corrected chi connectivity index (χ3v) is 3.58. The molecule has 0 saturated heterocycles. The number of carbonyl (C=O) groups is 1. The van der Waals surface area contributed by atoms with Crippen molar-refractivity contribution in [3.8, 4) is 0 Å². The Bertz CT molecular complexity index is 437. The topological polar surface area (TPSA) is 41.1 Å². The number of amides is 1. The minimum absolute atomic E-state index is 0.0338. The third kappa shape index (κ3) is 4.21. The molecule has 1 aliphatic rings. The van der Waals surface area contributed by atoms with Gasteiger partial charge in [-0.3, -0.25) is 4.79 Å². The fourth-order valence-electron chi connectivity index (χ4n) is 2.38. The quantitative estimate of drug-likeness (QED) is 0.797. The van der Waals surface area contributed by atoms with Crippen LogP contribution < -0.4 is 10.6 Å². The minimum Gasteiger partial charge on any atom is -0.355 e. The maximum Gasteiger partial charge on any atom is 0.251 e. The van der Waals surface area contributed by atoms with Gasteiger partial charge in [-0.05, 0) is 49.4 Å². The van der Waals surface area contributed by atoms with Crippen LogP contribution in [0, 0.1) is 5.92 Å². The highest BCUT2D eigenvalue weighted by Crippen LogP contribution is 2.17. The number of carbonyl (C=O) groups excluding carboxylic acids is 1. The van der Waals surface area contributed by atoms with Crippen molar-refractivity contribution < 1.29 is 4.79 Å². The van der Waals surface area contributed by atoms with Gasteiger partial charge in [0.2, 0.25) is 0 Å². The molecular weight excluding hydrogens is 236 g/mol. The predicted octanol–water partition coefficient (Wildman–Crippen LogP) is 2.49. The standard InChI is InChI=1S/C16H22N2O/c1-17-16(19)15-9-7-14(8-10-15)12-18-11-13-5-3-2-4-6-13/h2-3,7-10,13,18H,4-6,11-12H2,1H3,(H,17,19). The Kier molecular flexibility index (Phi) is 5.16. The molecule has 19 heavy (non-hydrogen) atoms. The van der Waals surface area contributed by atoms with Gasteiger partial charge in [-0.1, -0.05) is 24.3 Å². The molecule has 0 aromatic heterocycles. The molecule has 0 saturated carbocycles. The zero-order valence-electron chi connectivity index (χ0n) is 11.5. The summed E-state index contributed by atoms with van der Waals surface area (Å²) in [5.41, 5.74) is 1.93. The Balaban J connectivity index is 1.76. The summed E-state index contributed by atoms with van der Waals surface area (Å²) in [6.07, 6.45) is 8.26. The number of benzene rings is 1. The van der Waals surface area contributed by atoms with Gasteiger partial charge in [-0.15, -0.1) is 0 Å². The van der Waals surface area contributed by atoms with Crippen LogP contribution in [0.1, 0.15) is 35.2 Å². The lowest BCUT2D eigenvalue weighted by Gasteiger charge is -2.18. The van der Waals surface area contributed by atoms with Gasteiger partial charge >= 0.3 is 0 Å². The van der Waals surface area contributed by atoms with Crippen molar-refractivity contribution in [2.75, 3.05) is 13.6 Å². The third-order valence-electron chi connectivity index (χ3n) is 3.58. The first-order valence-electron chi connectivity index (χ1n) is 6.96. The molecule has 0 fully saturated rings. The van der Waals surface area contributed by atoms with E-state index in [4.69, 9.17) is 0 Å². The maximum atomic E-state index is 11.4. The van der Waals surface area contributed by atoms with Crippen molar-refractivity contribution in [2.45, 2.75) is 25.8 Å². The average molecular weight is 258 g/mol. The first-order chi connectivity index (χ1) is 9.29. The van der Waals surface area contributed by atoms with Crippen molar-refractivity contribution in [1.82, 2.24) is 10.6 Å². The summed E-state index contributed by atoms with van der Waals surface area (Å²) in [7, 11) is 1.65. The summed E-state index contributed by atoms with van der Waals surface area (Å²) in [5.74, 6) is 0.739. The highest BCUT2D eigenvalue weighted by atomic mass is 16.1. The first-order valence-corrected chi connectivity index (χ1v) is 6.96. The van der Waals surface area contributed by atoms with E-state index in [9.17, 15) is 4.79 Å². The number of allylic oxidation sites excluding steroid dienone is 2. The van der Waals surface area contributed by atoms with Crippen molar-refractivity contribution in [1.29, 1.82) is 0 Å². The smallest absolute Gasteiger partial charge is 0.251 e. The lowest BCUT2D eigenvalue weighted by molar-refractivity contribution is 0.0963. The SMILES string of the molecule is CNC(=O)c1ccc(CNCC2CC=CCC2)cc1. The number of hydrogen-bond donors (Lipinski definition) is 2. The van der Waals surface area contributed by atoms with E-state index in [1.54, 1.807) is 7.05 Å². The molecule has 1 amide bonds. The molecule has 1 aromatic carbocycles. The van der Waals surface area contributed by atoms with E-state index in [0.29, 0.717) is 5.56 Å². The van der Waals surface area contributed by atoms with Gasteiger partial charge in [0.05, 0.1) is 0 Å². The Morgan fingerprint density at radius 1 is 1.26 bits per heavy atom. The van der Waals surface area contributed by atoms with Crippen LogP contribution in [-0.4, -0.2) is 19.5 Å². The van der Waals surface area contributed by atoms with E-state index in [-0.39, 0.29) is 5.91 Å². The van der Waals surface area contributed by atoms with Crippen molar-refractivity contribution >= 4 is 5.91 Å². The van der Waals surface area contributed by atoms with Gasteiger partial charge in [0, 0.05) is 19.2 Å². The largest absolute Gasteiger partial charge is 0.355 e. The molecule has 1 unspecified atom stereocenters. The molecule has 0 heterocycles. The predicted molar refractivity (Wildman–Crippen MR) is 78.0 cm³/mol. The molecule has 0 spiro atoms. The zero-order chi connectivity index (χ0) is 13.5. The van der Waals surface area contributed by atoms with Crippen molar-refractivity contribution in [2.24, 2.45) is 5.92 Å². The van der Waals surface area contributed by atoms with Gasteiger partial charge in [0.1, 0.15) is 0 Å². The normalized spacial score (nSPS) is 18.3. The monoisotopic (exact) mass is 258 g/mol. The maximum absolute atomic E-state index is 11.4. The molecule has 2 N–H and O–H groups in total. The molecule has 1 aliphatic carbocycles. The second-order valence-electron chi connectivity index (χ2n) is 5.06. The van der Waals surface area contributed by atoms with Gasteiger partial charge in [-0.2, -0.15) is 0 Å². The molecule has 0 aliphatic heterocycles. The van der Waals surface area contributed by atoms with Crippen LogP contribution in [0.4, 0.5) is 0 Å². The Morgan fingerprint density at radius 2 is 2.05 bits per heavy atom. The molecule has 1 atom stereocenters. The van der Waals surface area contributed by atoms with Gasteiger partial charge < -0.3 is 10.6 Å². The fourth-order valence-corrected chi connectivity index (χ4v) is 2.38. The lowest BCUT2D eigenvalue weighted by Crippen LogP contribution is -2.23. The van der Waals surface area contributed by atoms with Gasteiger partial charge in [0.25, 0.3) is 5.91 Å².